The van der Waals surface area contributed by atoms with E-state index in [0.29, 0.717) is 50.6 Å². The SMILES string of the molecule is CC1(C(=O)O)CCN(C2=NOC3(C2)CN(Cc2cc(OCCCS(C)(=O)=O)c(-c4ccc(F)cc4)c(C4CC4)c2)C3)CC1. The standard InChI is InChI=1S/C32H40FN3O6S/c1-31(30(37)38)10-12-36(13-11-31)28-18-32(42-34-28)20-35(21-32)19-22-16-26(23-4-5-23)29(24-6-8-25(33)9-7-24)27(17-22)41-14-3-15-43(2,39)40/h6-9,16-17,23H,3-5,10-15,18-21H2,1-2H3,(H,37,38). The number of amidine groups is 1. The lowest BCUT2D eigenvalue weighted by atomic mass is 9.80. The molecule has 1 saturated carbocycles. The van der Waals surface area contributed by atoms with Gasteiger partial charge in [-0.1, -0.05) is 23.4 Å². The molecule has 0 unspecified atom stereocenters. The number of nitrogens with zero attached hydrogens (tertiary/aromatic N) is 3. The Morgan fingerprint density at radius 2 is 1.86 bits per heavy atom. The summed E-state index contributed by atoms with van der Waals surface area (Å²) in [6, 6.07) is 10.8. The molecule has 0 atom stereocenters. The monoisotopic (exact) mass is 613 g/mol. The van der Waals surface area contributed by atoms with Gasteiger partial charge < -0.3 is 19.6 Å². The Kier molecular flexibility index (Phi) is 7.91. The van der Waals surface area contributed by atoms with Crippen LogP contribution in [0.5, 0.6) is 5.75 Å². The summed E-state index contributed by atoms with van der Waals surface area (Å²) in [4.78, 5) is 22.1. The first-order valence-electron chi connectivity index (χ1n) is 15.1. The zero-order chi connectivity index (χ0) is 30.4. The maximum Gasteiger partial charge on any atom is 0.309 e. The summed E-state index contributed by atoms with van der Waals surface area (Å²) in [7, 11) is -3.08. The van der Waals surface area contributed by atoms with Gasteiger partial charge in [-0.05, 0) is 79.8 Å². The quantitative estimate of drug-likeness (QED) is 0.386. The second-order valence-electron chi connectivity index (χ2n) is 13.1. The number of oxime groups is 1. The molecule has 3 aliphatic heterocycles. The predicted octanol–water partition coefficient (Wildman–Crippen LogP) is 4.66. The molecule has 6 rings (SSSR count). The van der Waals surface area contributed by atoms with Crippen LogP contribution in [0.15, 0.2) is 41.6 Å². The summed E-state index contributed by atoms with van der Waals surface area (Å²) in [6.07, 6.45) is 5.71. The summed E-state index contributed by atoms with van der Waals surface area (Å²) in [5.74, 6) is 1.07. The van der Waals surface area contributed by atoms with Gasteiger partial charge in [-0.15, -0.1) is 0 Å². The van der Waals surface area contributed by atoms with Crippen molar-refractivity contribution < 1.29 is 32.3 Å². The van der Waals surface area contributed by atoms with Crippen LogP contribution >= 0.6 is 0 Å². The number of carbonyl (C=O) groups is 1. The van der Waals surface area contributed by atoms with Crippen LogP contribution in [-0.2, 0) is 26.0 Å². The van der Waals surface area contributed by atoms with Crippen molar-refractivity contribution >= 4 is 21.6 Å². The van der Waals surface area contributed by atoms with Gasteiger partial charge in [-0.3, -0.25) is 9.69 Å². The zero-order valence-electron chi connectivity index (χ0n) is 24.9. The number of likely N-dealkylation sites (tertiary alicyclic amines) is 2. The number of carboxylic acid groups (broad SMARTS) is 1. The molecule has 2 aromatic rings. The minimum absolute atomic E-state index is 0.0598. The highest BCUT2D eigenvalue weighted by Crippen LogP contribution is 2.48. The van der Waals surface area contributed by atoms with Gasteiger partial charge in [0.2, 0.25) is 0 Å². The average molecular weight is 614 g/mol. The molecule has 3 heterocycles. The summed E-state index contributed by atoms with van der Waals surface area (Å²) in [5.41, 5.74) is 3.14. The number of sulfone groups is 1. The van der Waals surface area contributed by atoms with Crippen molar-refractivity contribution in [3.8, 4) is 16.9 Å². The second kappa shape index (κ2) is 11.4. The molecule has 3 fully saturated rings. The van der Waals surface area contributed by atoms with E-state index in [0.717, 1.165) is 54.9 Å². The van der Waals surface area contributed by atoms with E-state index in [-0.39, 0.29) is 23.8 Å². The maximum atomic E-state index is 13.8. The first-order valence-corrected chi connectivity index (χ1v) is 17.2. The van der Waals surface area contributed by atoms with Crippen molar-refractivity contribution in [3.63, 3.8) is 0 Å². The van der Waals surface area contributed by atoms with Crippen molar-refractivity contribution in [2.45, 2.75) is 63.5 Å². The molecule has 9 nitrogen and oxygen atoms in total. The highest BCUT2D eigenvalue weighted by molar-refractivity contribution is 7.90. The van der Waals surface area contributed by atoms with E-state index in [9.17, 15) is 22.7 Å². The third-order valence-electron chi connectivity index (χ3n) is 9.26. The molecule has 2 saturated heterocycles. The number of halogens is 1. The maximum absolute atomic E-state index is 13.8. The van der Waals surface area contributed by atoms with Crippen molar-refractivity contribution in [1.29, 1.82) is 0 Å². The van der Waals surface area contributed by atoms with E-state index in [1.165, 1.54) is 24.0 Å². The van der Waals surface area contributed by atoms with Crippen molar-refractivity contribution in [3.05, 3.63) is 53.3 Å². The van der Waals surface area contributed by atoms with Crippen molar-refractivity contribution in [2.24, 2.45) is 10.6 Å². The predicted molar refractivity (Wildman–Crippen MR) is 161 cm³/mol. The average Bonchev–Trinajstić information content (AvgIpc) is 3.70. The fourth-order valence-electron chi connectivity index (χ4n) is 6.50. The number of benzene rings is 2. The second-order valence-corrected chi connectivity index (χ2v) is 15.4. The van der Waals surface area contributed by atoms with E-state index in [1.807, 2.05) is 13.0 Å². The Labute approximate surface area is 252 Å². The minimum atomic E-state index is -3.08. The van der Waals surface area contributed by atoms with E-state index in [1.54, 1.807) is 12.1 Å². The summed E-state index contributed by atoms with van der Waals surface area (Å²) >= 11 is 0. The highest BCUT2D eigenvalue weighted by Gasteiger charge is 2.51. The fourth-order valence-corrected chi connectivity index (χ4v) is 7.14. The molecule has 4 aliphatic rings. The first-order chi connectivity index (χ1) is 20.4. The number of carboxylic acids is 1. The van der Waals surface area contributed by atoms with Crippen LogP contribution in [0, 0.1) is 11.2 Å². The number of ether oxygens (including phenoxy) is 1. The normalized spacial score (nSPS) is 21.3. The van der Waals surface area contributed by atoms with Gasteiger partial charge in [0, 0.05) is 44.5 Å². The van der Waals surface area contributed by atoms with Crippen LogP contribution in [0.25, 0.3) is 11.1 Å². The van der Waals surface area contributed by atoms with Gasteiger partial charge in [0.1, 0.15) is 27.2 Å². The van der Waals surface area contributed by atoms with E-state index >= 15 is 0 Å². The van der Waals surface area contributed by atoms with Gasteiger partial charge in [0.15, 0.2) is 5.60 Å². The van der Waals surface area contributed by atoms with Crippen LogP contribution < -0.4 is 4.74 Å². The lowest BCUT2D eigenvalue weighted by molar-refractivity contribution is -0.150. The number of aliphatic carboxylic acids is 1. The third kappa shape index (κ3) is 6.67. The molecule has 2 aromatic carbocycles. The molecule has 0 radical (unpaired) electrons. The van der Waals surface area contributed by atoms with E-state index < -0.39 is 21.2 Å². The minimum Gasteiger partial charge on any atom is -0.493 e. The summed E-state index contributed by atoms with van der Waals surface area (Å²) in [5, 5.41) is 14.0. The van der Waals surface area contributed by atoms with Gasteiger partial charge >= 0.3 is 5.97 Å². The number of piperidine rings is 1. The van der Waals surface area contributed by atoms with E-state index in [4.69, 9.17) is 9.57 Å². The molecular weight excluding hydrogens is 573 g/mol. The van der Waals surface area contributed by atoms with Crippen LogP contribution in [0.1, 0.15) is 62.5 Å². The zero-order valence-corrected chi connectivity index (χ0v) is 25.7. The lowest BCUT2D eigenvalue weighted by Crippen LogP contribution is -2.61. The Morgan fingerprint density at radius 3 is 2.49 bits per heavy atom. The first kappa shape index (κ1) is 29.9. The molecule has 232 valence electrons. The molecular formula is C32H40FN3O6S. The van der Waals surface area contributed by atoms with Gasteiger partial charge in [-0.2, -0.15) is 0 Å². The van der Waals surface area contributed by atoms with Crippen LogP contribution in [0.4, 0.5) is 4.39 Å². The Morgan fingerprint density at radius 1 is 1.16 bits per heavy atom. The topological polar surface area (TPSA) is 109 Å². The molecule has 1 aliphatic carbocycles. The lowest BCUT2D eigenvalue weighted by Gasteiger charge is -2.46. The largest absolute Gasteiger partial charge is 0.493 e. The molecule has 0 amide bonds. The van der Waals surface area contributed by atoms with Crippen LogP contribution in [0.3, 0.4) is 0 Å². The molecule has 43 heavy (non-hydrogen) atoms. The third-order valence-corrected chi connectivity index (χ3v) is 10.3. The van der Waals surface area contributed by atoms with Gasteiger partial charge in [0.25, 0.3) is 0 Å². The smallest absolute Gasteiger partial charge is 0.309 e. The van der Waals surface area contributed by atoms with E-state index in [2.05, 4.69) is 21.0 Å². The Bertz CT molecular complexity index is 1510. The summed E-state index contributed by atoms with van der Waals surface area (Å²) in [6.45, 7) is 5.62. The van der Waals surface area contributed by atoms with Crippen LogP contribution in [0.2, 0.25) is 0 Å². The molecule has 1 N–H and O–H groups in total. The van der Waals surface area contributed by atoms with Gasteiger partial charge in [-0.25, -0.2) is 12.8 Å². The van der Waals surface area contributed by atoms with Gasteiger partial charge in [0.05, 0.1) is 24.2 Å². The number of hydrogen-bond acceptors (Lipinski definition) is 8. The number of hydrogen-bond donors (Lipinski definition) is 1. The molecule has 0 bridgehead atoms. The molecule has 0 aromatic heterocycles. The number of rotatable bonds is 10. The van der Waals surface area contributed by atoms with Crippen molar-refractivity contribution in [2.75, 3.05) is 44.8 Å². The Hall–Kier alpha value is -3.18. The summed E-state index contributed by atoms with van der Waals surface area (Å²) < 4.78 is 43.3. The van der Waals surface area contributed by atoms with Crippen LogP contribution in [-0.4, -0.2) is 85.5 Å². The molecule has 1 spiro atoms. The molecule has 11 heteroatoms. The fraction of sp³-hybridized carbons (Fsp3) is 0.562. The Balaban J connectivity index is 1.13. The highest BCUT2D eigenvalue weighted by atomic mass is 32.2. The van der Waals surface area contributed by atoms with Crippen molar-refractivity contribution in [1.82, 2.24) is 9.80 Å².